The number of rotatable bonds is 4. The van der Waals surface area contributed by atoms with E-state index in [0.717, 1.165) is 13.2 Å². The van der Waals surface area contributed by atoms with E-state index in [4.69, 9.17) is 9.47 Å². The van der Waals surface area contributed by atoms with E-state index in [1.807, 2.05) is 37.2 Å². The summed E-state index contributed by atoms with van der Waals surface area (Å²) in [5.41, 5.74) is 2.00. The average Bonchev–Trinajstić information content (AvgIpc) is 1.94. The Labute approximate surface area is 67.1 Å². The van der Waals surface area contributed by atoms with E-state index < -0.39 is 0 Å². The summed E-state index contributed by atoms with van der Waals surface area (Å²) in [6.07, 6.45) is 0. The standard InChI is InChI=1S/C5H12O2.CH3.Li/c1-3-6-5-7-4-2;;/h3-5H2,1-2H3;1H3;. The Morgan fingerprint density at radius 1 is 1.00 bits per heavy atom. The zero-order chi connectivity index (χ0) is 7.54. The van der Waals surface area contributed by atoms with Gasteiger partial charge >= 0.3 is 23.3 Å². The van der Waals surface area contributed by atoms with Crippen molar-refractivity contribution in [3.63, 3.8) is 0 Å². The first-order chi connectivity index (χ1) is 4.41. The van der Waals surface area contributed by atoms with Crippen LogP contribution in [0.1, 0.15) is 13.8 Å². The van der Waals surface area contributed by atoms with Crippen LogP contribution in [0.15, 0.2) is 0 Å². The molecule has 0 aromatic heterocycles. The van der Waals surface area contributed by atoms with Crippen molar-refractivity contribution in [2.75, 3.05) is 20.0 Å². The second-order valence-corrected chi connectivity index (χ2v) is 1.10. The third kappa shape index (κ3) is 17.7. The molecule has 0 bridgehead atoms. The van der Waals surface area contributed by atoms with Gasteiger partial charge in [0.1, 0.15) is 6.79 Å². The molecule has 0 radical (unpaired) electrons. The minimum absolute atomic E-state index is 0.438. The molecule has 0 saturated heterocycles. The van der Waals surface area contributed by atoms with Crippen LogP contribution < -0.4 is 0 Å². The molecule has 0 aliphatic carbocycles. The van der Waals surface area contributed by atoms with Gasteiger partial charge in [-0.3, -0.25) is 0 Å². The third-order valence-corrected chi connectivity index (χ3v) is 0.575. The van der Waals surface area contributed by atoms with Crippen molar-refractivity contribution >= 4 is 17.7 Å². The van der Waals surface area contributed by atoms with Crippen LogP contribution in [0, 0.1) is 0 Å². The summed E-state index contributed by atoms with van der Waals surface area (Å²) < 4.78 is 9.70. The summed E-state index contributed by atoms with van der Waals surface area (Å²) >= 11 is 2.00. The van der Waals surface area contributed by atoms with Gasteiger partial charge in [-0.05, 0) is 13.8 Å². The fourth-order valence-electron chi connectivity index (χ4n) is 0.226. The zero-order valence-electron chi connectivity index (χ0n) is 6.94. The molecule has 0 aliphatic heterocycles. The van der Waals surface area contributed by atoms with Crippen molar-refractivity contribution in [1.29, 1.82) is 0 Å². The molecule has 52 valence electrons. The molecule has 0 rings (SSSR count). The van der Waals surface area contributed by atoms with Crippen molar-refractivity contribution < 1.29 is 9.47 Å². The van der Waals surface area contributed by atoms with Crippen LogP contribution in [-0.4, -0.2) is 37.7 Å². The molecule has 0 fully saturated rings. The van der Waals surface area contributed by atoms with Crippen molar-refractivity contribution in [2.45, 2.75) is 19.4 Å². The van der Waals surface area contributed by atoms with Gasteiger partial charge in [0, 0.05) is 13.2 Å². The van der Waals surface area contributed by atoms with Gasteiger partial charge in [-0.15, -0.1) is 0 Å². The van der Waals surface area contributed by atoms with Crippen LogP contribution >= 0.6 is 0 Å². The van der Waals surface area contributed by atoms with E-state index in [-0.39, 0.29) is 0 Å². The quantitative estimate of drug-likeness (QED) is 0.320. The molecule has 9 heavy (non-hydrogen) atoms. The van der Waals surface area contributed by atoms with Crippen LogP contribution in [0.2, 0.25) is 5.60 Å². The first-order valence-electron chi connectivity index (χ1n) is 3.57. The van der Waals surface area contributed by atoms with E-state index >= 15 is 0 Å². The summed E-state index contributed by atoms with van der Waals surface area (Å²) in [7, 11) is 0. The van der Waals surface area contributed by atoms with Gasteiger partial charge in [0.15, 0.2) is 0 Å². The second-order valence-electron chi connectivity index (χ2n) is 1.10. The fourth-order valence-corrected chi connectivity index (χ4v) is 0.226. The summed E-state index contributed by atoms with van der Waals surface area (Å²) in [6.45, 7) is 5.80. The zero-order valence-corrected chi connectivity index (χ0v) is 6.94. The van der Waals surface area contributed by atoms with E-state index in [1.165, 1.54) is 0 Å². The van der Waals surface area contributed by atoms with E-state index in [9.17, 15) is 0 Å². The fraction of sp³-hybridized carbons (Fsp3) is 1.00. The van der Waals surface area contributed by atoms with Crippen LogP contribution in [-0.2, 0) is 9.47 Å². The molecule has 0 aromatic carbocycles. The topological polar surface area (TPSA) is 18.5 Å². The van der Waals surface area contributed by atoms with Gasteiger partial charge in [0.25, 0.3) is 0 Å². The molecule has 0 spiro atoms. The van der Waals surface area contributed by atoms with Crippen molar-refractivity contribution in [2.24, 2.45) is 0 Å². The molecule has 0 heterocycles. The summed E-state index contributed by atoms with van der Waals surface area (Å²) in [4.78, 5) is 0. The van der Waals surface area contributed by atoms with Crippen molar-refractivity contribution in [1.82, 2.24) is 0 Å². The second kappa shape index (κ2) is 15.8. The van der Waals surface area contributed by atoms with Gasteiger partial charge < -0.3 is 9.47 Å². The van der Waals surface area contributed by atoms with E-state index in [1.54, 1.807) is 0 Å². The van der Waals surface area contributed by atoms with Gasteiger partial charge in [-0.2, -0.15) is 0 Å². The predicted molar refractivity (Wildman–Crippen MR) is 39.7 cm³/mol. The first-order valence-corrected chi connectivity index (χ1v) is 3.57. The van der Waals surface area contributed by atoms with Gasteiger partial charge in [-0.1, -0.05) is 0 Å². The van der Waals surface area contributed by atoms with E-state index in [0.29, 0.717) is 6.79 Å². The number of hydrogen-bond donors (Lipinski definition) is 0. The molecular formula is C6H15LiO2. The molecule has 0 saturated carbocycles. The van der Waals surface area contributed by atoms with Gasteiger partial charge in [0.2, 0.25) is 0 Å². The Morgan fingerprint density at radius 2 is 1.33 bits per heavy atom. The van der Waals surface area contributed by atoms with Crippen molar-refractivity contribution in [3.05, 3.63) is 0 Å². The third-order valence-electron chi connectivity index (χ3n) is 0.575. The SMILES string of the molecule is CCOCOCC.[Li][CH3]. The molecule has 0 aliphatic rings. The molecule has 0 N–H and O–H groups in total. The van der Waals surface area contributed by atoms with Gasteiger partial charge in [-0.25, -0.2) is 0 Å². The molecular weight excluding hydrogens is 111 g/mol. The number of ether oxygens (including phenoxy) is 2. The number of hydrogen-bond acceptors (Lipinski definition) is 2. The van der Waals surface area contributed by atoms with Crippen LogP contribution in [0.5, 0.6) is 0 Å². The van der Waals surface area contributed by atoms with Crippen LogP contribution in [0.3, 0.4) is 0 Å². The van der Waals surface area contributed by atoms with Gasteiger partial charge in [0.05, 0.1) is 0 Å². The Bertz CT molecular complexity index is 30.2. The molecule has 0 amide bonds. The normalized spacial score (nSPS) is 8.11. The molecule has 0 atom stereocenters. The molecule has 2 nitrogen and oxygen atoms in total. The first kappa shape index (κ1) is 12.2. The van der Waals surface area contributed by atoms with Crippen LogP contribution in [0.25, 0.3) is 0 Å². The summed E-state index contributed by atoms with van der Waals surface area (Å²) in [6, 6.07) is 0. The Hall–Kier alpha value is 0.517. The maximum absolute atomic E-state index is 4.85. The molecule has 0 unspecified atom stereocenters. The minimum atomic E-state index is 0.438. The Morgan fingerprint density at radius 3 is 1.56 bits per heavy atom. The van der Waals surface area contributed by atoms with Crippen molar-refractivity contribution in [3.8, 4) is 0 Å². The molecule has 3 heteroatoms. The maximum atomic E-state index is 4.85. The monoisotopic (exact) mass is 126 g/mol. The predicted octanol–water partition coefficient (Wildman–Crippen LogP) is 1.22. The summed E-state index contributed by atoms with van der Waals surface area (Å²) in [5.74, 6) is 0. The Balaban J connectivity index is 0. The molecule has 0 aromatic rings. The Kier molecular flexibility index (Phi) is 21.5. The summed E-state index contributed by atoms with van der Waals surface area (Å²) in [5, 5.41) is 0. The average molecular weight is 126 g/mol. The van der Waals surface area contributed by atoms with E-state index in [2.05, 4.69) is 0 Å². The van der Waals surface area contributed by atoms with Crippen LogP contribution in [0.4, 0.5) is 0 Å².